The maximum Gasteiger partial charge on any atom is 0.323 e. The molecule has 0 aliphatic heterocycles. The van der Waals surface area contributed by atoms with E-state index in [1.165, 1.54) is 27.7 Å². The Kier molecular flexibility index (Phi) is 6.78. The smallest absolute Gasteiger partial charge is 0.323 e. The number of aromatic nitrogens is 3. The highest BCUT2D eigenvalue weighted by Crippen LogP contribution is 2.40. The van der Waals surface area contributed by atoms with Crippen LogP contribution in [-0.4, -0.2) is 41.9 Å². The minimum atomic E-state index is -0.435. The highest BCUT2D eigenvalue weighted by molar-refractivity contribution is 6.00. The predicted molar refractivity (Wildman–Crippen MR) is 127 cm³/mol. The summed E-state index contributed by atoms with van der Waals surface area (Å²) in [7, 11) is 4.53. The Morgan fingerprint density at radius 1 is 0.824 bits per heavy atom. The molecular formula is C24H23N5O5. The molecule has 0 fully saturated rings. The standard InChI is InChI=1S/C24H23N5O5/c1-31-19-12-17(13-20(32-2)23(19)33-3)28-24(30)27-16-6-8-18(9-7-16)34-22-14-21(25-15-26-22)29-10-4-5-11-29/h4-15H,1-3H3,(H2,27,28,30). The van der Waals surface area contributed by atoms with Crippen LogP contribution in [0.25, 0.3) is 5.82 Å². The average molecular weight is 461 g/mol. The van der Waals surface area contributed by atoms with Crippen LogP contribution in [0.2, 0.25) is 0 Å². The molecule has 4 aromatic rings. The fourth-order valence-electron chi connectivity index (χ4n) is 3.19. The van der Waals surface area contributed by atoms with E-state index in [1.807, 2.05) is 29.1 Å². The molecule has 2 heterocycles. The molecule has 0 atom stereocenters. The summed E-state index contributed by atoms with van der Waals surface area (Å²) in [6.45, 7) is 0. The van der Waals surface area contributed by atoms with Crippen molar-refractivity contribution in [3.8, 4) is 34.7 Å². The summed E-state index contributed by atoms with van der Waals surface area (Å²) in [6.07, 6.45) is 5.21. The number of nitrogens with zero attached hydrogens (tertiary/aromatic N) is 3. The molecule has 0 aliphatic carbocycles. The van der Waals surface area contributed by atoms with E-state index in [0.29, 0.717) is 46.1 Å². The van der Waals surface area contributed by atoms with Crippen LogP contribution in [0, 0.1) is 0 Å². The van der Waals surface area contributed by atoms with Gasteiger partial charge >= 0.3 is 6.03 Å². The molecule has 0 saturated heterocycles. The summed E-state index contributed by atoms with van der Waals surface area (Å²) in [4.78, 5) is 20.9. The third-order valence-electron chi connectivity index (χ3n) is 4.75. The van der Waals surface area contributed by atoms with Crippen molar-refractivity contribution in [2.24, 2.45) is 0 Å². The molecule has 0 saturated carbocycles. The zero-order valence-electron chi connectivity index (χ0n) is 18.8. The van der Waals surface area contributed by atoms with Gasteiger partial charge in [0, 0.05) is 36.3 Å². The molecule has 174 valence electrons. The van der Waals surface area contributed by atoms with E-state index in [1.54, 1.807) is 42.5 Å². The molecule has 34 heavy (non-hydrogen) atoms. The summed E-state index contributed by atoms with van der Waals surface area (Å²) in [5.74, 6) is 2.96. The minimum absolute atomic E-state index is 0.402. The van der Waals surface area contributed by atoms with Crippen LogP contribution >= 0.6 is 0 Å². The lowest BCUT2D eigenvalue weighted by atomic mass is 10.2. The predicted octanol–water partition coefficient (Wildman–Crippen LogP) is 4.73. The molecule has 0 unspecified atom stereocenters. The topological polar surface area (TPSA) is 109 Å². The summed E-state index contributed by atoms with van der Waals surface area (Å²) in [6, 6.07) is 15.3. The number of nitrogens with one attached hydrogen (secondary N) is 2. The summed E-state index contributed by atoms with van der Waals surface area (Å²) in [5, 5.41) is 5.51. The average Bonchev–Trinajstić information content (AvgIpc) is 3.40. The fourth-order valence-corrected chi connectivity index (χ4v) is 3.19. The van der Waals surface area contributed by atoms with Crippen molar-refractivity contribution in [1.29, 1.82) is 0 Å². The van der Waals surface area contributed by atoms with Gasteiger partial charge in [-0.2, -0.15) is 0 Å². The molecule has 4 rings (SSSR count). The fraction of sp³-hybridized carbons (Fsp3) is 0.125. The molecule has 10 nitrogen and oxygen atoms in total. The van der Waals surface area contributed by atoms with Gasteiger partial charge < -0.3 is 34.1 Å². The van der Waals surface area contributed by atoms with Crippen molar-refractivity contribution in [2.45, 2.75) is 0 Å². The van der Waals surface area contributed by atoms with E-state index in [2.05, 4.69) is 20.6 Å². The van der Waals surface area contributed by atoms with Crippen molar-refractivity contribution < 1.29 is 23.7 Å². The molecule has 2 N–H and O–H groups in total. The number of amides is 2. The summed E-state index contributed by atoms with van der Waals surface area (Å²) in [5.41, 5.74) is 1.06. The van der Waals surface area contributed by atoms with E-state index < -0.39 is 6.03 Å². The van der Waals surface area contributed by atoms with Gasteiger partial charge in [0.25, 0.3) is 0 Å². The number of urea groups is 1. The first kappa shape index (κ1) is 22.5. The van der Waals surface area contributed by atoms with E-state index in [0.717, 1.165) is 0 Å². The lowest BCUT2D eigenvalue weighted by Crippen LogP contribution is -2.19. The highest BCUT2D eigenvalue weighted by atomic mass is 16.5. The van der Waals surface area contributed by atoms with Gasteiger partial charge in [-0.25, -0.2) is 14.8 Å². The van der Waals surface area contributed by atoms with Crippen LogP contribution in [0.15, 0.2) is 73.3 Å². The van der Waals surface area contributed by atoms with Gasteiger partial charge in [-0.1, -0.05) is 0 Å². The van der Waals surface area contributed by atoms with Crippen LogP contribution in [0.1, 0.15) is 0 Å². The second-order valence-electron chi connectivity index (χ2n) is 6.92. The summed E-state index contributed by atoms with van der Waals surface area (Å²) >= 11 is 0. The number of carbonyl (C=O) groups excluding carboxylic acids is 1. The molecular weight excluding hydrogens is 438 g/mol. The van der Waals surface area contributed by atoms with Crippen LogP contribution in [0.5, 0.6) is 28.9 Å². The maximum absolute atomic E-state index is 12.5. The van der Waals surface area contributed by atoms with Crippen LogP contribution in [0.4, 0.5) is 16.2 Å². The van der Waals surface area contributed by atoms with Gasteiger partial charge in [0.1, 0.15) is 17.9 Å². The first-order valence-corrected chi connectivity index (χ1v) is 10.2. The van der Waals surface area contributed by atoms with Gasteiger partial charge in [0.2, 0.25) is 11.6 Å². The monoisotopic (exact) mass is 461 g/mol. The number of ether oxygens (including phenoxy) is 4. The highest BCUT2D eigenvalue weighted by Gasteiger charge is 2.14. The van der Waals surface area contributed by atoms with Crippen molar-refractivity contribution in [3.05, 3.63) is 73.3 Å². The normalized spacial score (nSPS) is 10.3. The second-order valence-corrected chi connectivity index (χ2v) is 6.92. The van der Waals surface area contributed by atoms with E-state index in [-0.39, 0.29) is 0 Å². The van der Waals surface area contributed by atoms with E-state index >= 15 is 0 Å². The Morgan fingerprint density at radius 3 is 2.09 bits per heavy atom. The molecule has 0 spiro atoms. The van der Waals surface area contributed by atoms with Crippen LogP contribution in [-0.2, 0) is 0 Å². The first-order valence-electron chi connectivity index (χ1n) is 10.2. The number of rotatable bonds is 8. The van der Waals surface area contributed by atoms with Crippen molar-refractivity contribution in [2.75, 3.05) is 32.0 Å². The Morgan fingerprint density at radius 2 is 1.47 bits per heavy atom. The van der Waals surface area contributed by atoms with Crippen molar-refractivity contribution >= 4 is 17.4 Å². The first-order chi connectivity index (χ1) is 16.6. The number of carbonyl (C=O) groups is 1. The van der Waals surface area contributed by atoms with Crippen molar-refractivity contribution in [3.63, 3.8) is 0 Å². The number of hydrogen-bond donors (Lipinski definition) is 2. The Hall–Kier alpha value is -4.73. The third-order valence-corrected chi connectivity index (χ3v) is 4.75. The lowest BCUT2D eigenvalue weighted by Gasteiger charge is -2.15. The van der Waals surface area contributed by atoms with Crippen LogP contribution < -0.4 is 29.6 Å². The molecule has 0 bridgehead atoms. The molecule has 0 radical (unpaired) electrons. The number of anilines is 2. The number of methoxy groups -OCH3 is 3. The van der Waals surface area contributed by atoms with Crippen molar-refractivity contribution in [1.82, 2.24) is 14.5 Å². The van der Waals surface area contributed by atoms with Gasteiger partial charge in [-0.15, -0.1) is 0 Å². The number of benzene rings is 2. The summed E-state index contributed by atoms with van der Waals surface area (Å²) < 4.78 is 23.6. The Labute approximate surface area is 196 Å². The van der Waals surface area contributed by atoms with E-state index in [9.17, 15) is 4.79 Å². The van der Waals surface area contributed by atoms with Gasteiger partial charge in [0.15, 0.2) is 11.5 Å². The maximum atomic E-state index is 12.5. The zero-order valence-corrected chi connectivity index (χ0v) is 18.8. The molecule has 10 heteroatoms. The minimum Gasteiger partial charge on any atom is -0.493 e. The molecule has 2 aromatic carbocycles. The SMILES string of the molecule is COc1cc(NC(=O)Nc2ccc(Oc3cc(-n4cccc4)ncn3)cc2)cc(OC)c1OC. The van der Waals surface area contributed by atoms with E-state index in [4.69, 9.17) is 18.9 Å². The van der Waals surface area contributed by atoms with Gasteiger partial charge in [0.05, 0.1) is 27.0 Å². The number of hydrogen-bond acceptors (Lipinski definition) is 7. The molecule has 2 amide bonds. The van der Waals surface area contributed by atoms with Gasteiger partial charge in [-0.3, -0.25) is 0 Å². The zero-order chi connectivity index (χ0) is 23.9. The largest absolute Gasteiger partial charge is 0.493 e. The Bertz CT molecular complexity index is 1230. The Balaban J connectivity index is 1.39. The van der Waals surface area contributed by atoms with Crippen LogP contribution in [0.3, 0.4) is 0 Å². The molecule has 0 aliphatic rings. The quantitative estimate of drug-likeness (QED) is 0.390. The van der Waals surface area contributed by atoms with Gasteiger partial charge in [-0.05, 0) is 36.4 Å². The molecule has 2 aromatic heterocycles. The lowest BCUT2D eigenvalue weighted by molar-refractivity contribution is 0.262. The second kappa shape index (κ2) is 10.3. The third kappa shape index (κ3) is 5.18.